The molecule has 11 heteroatoms. The summed E-state index contributed by atoms with van der Waals surface area (Å²) in [7, 11) is 0. The minimum absolute atomic E-state index is 0. The van der Waals surface area contributed by atoms with E-state index in [9.17, 15) is 14.0 Å². The van der Waals surface area contributed by atoms with E-state index in [4.69, 9.17) is 16.3 Å². The molecule has 2 N–H and O–H groups in total. The molecule has 2 atom stereocenters. The van der Waals surface area contributed by atoms with Crippen LogP contribution in [0.15, 0.2) is 97.1 Å². The number of hydrogen-bond acceptors (Lipinski definition) is 5. The normalized spacial score (nSPS) is 15.6. The average molecular weight is 786 g/mol. The number of nitrogens with one attached hydrogen (secondary N) is 2. The van der Waals surface area contributed by atoms with Crippen molar-refractivity contribution in [1.82, 2.24) is 15.8 Å². The first-order chi connectivity index (χ1) is 24.5. The van der Waals surface area contributed by atoms with Crippen molar-refractivity contribution in [1.29, 1.82) is 0 Å². The molecule has 0 aliphatic carbocycles. The van der Waals surface area contributed by atoms with E-state index >= 15 is 0 Å². The predicted octanol–water partition coefficient (Wildman–Crippen LogP) is 9.25. The van der Waals surface area contributed by atoms with E-state index in [0.717, 1.165) is 49.0 Å². The second-order valence-corrected chi connectivity index (χ2v) is 14.9. The SMILES string of the molecule is CCCN(Cc1cccc(C2OC(CC(=O)NCc3ccccc3F)C(=O)N(CC(C)(C)C)c3ccc(Cl)cc32)c1)NCCCc1ccccc1.Cl.Cl. The van der Waals surface area contributed by atoms with E-state index in [0.29, 0.717) is 29.4 Å². The summed E-state index contributed by atoms with van der Waals surface area (Å²) in [5.41, 5.74) is 8.49. The van der Waals surface area contributed by atoms with Gasteiger partial charge < -0.3 is 15.0 Å². The number of fused-ring (bicyclic) bond motifs is 1. The number of ether oxygens (including phenoxy) is 1. The van der Waals surface area contributed by atoms with Gasteiger partial charge in [0.1, 0.15) is 18.0 Å². The fourth-order valence-electron chi connectivity index (χ4n) is 6.41. The number of benzene rings is 4. The second-order valence-electron chi connectivity index (χ2n) is 14.4. The summed E-state index contributed by atoms with van der Waals surface area (Å²) in [5.74, 6) is -1.11. The zero-order valence-electron chi connectivity index (χ0n) is 30.9. The number of hydrazine groups is 1. The smallest absolute Gasteiger partial charge is 0.256 e. The third kappa shape index (κ3) is 12.8. The molecule has 0 saturated carbocycles. The Balaban J connectivity index is 0.00000378. The van der Waals surface area contributed by atoms with Crippen molar-refractivity contribution in [3.05, 3.63) is 136 Å². The van der Waals surface area contributed by atoms with Crippen LogP contribution in [0.5, 0.6) is 0 Å². The Morgan fingerprint density at radius 1 is 0.943 bits per heavy atom. The van der Waals surface area contributed by atoms with Crippen molar-refractivity contribution in [3.63, 3.8) is 0 Å². The van der Waals surface area contributed by atoms with Crippen molar-refractivity contribution >= 4 is 53.9 Å². The largest absolute Gasteiger partial charge is 0.355 e. The van der Waals surface area contributed by atoms with Crippen LogP contribution < -0.4 is 15.6 Å². The first kappa shape index (κ1) is 43.9. The molecule has 5 rings (SSSR count). The third-order valence-corrected chi connectivity index (χ3v) is 9.02. The monoisotopic (exact) mass is 784 g/mol. The molecule has 0 bridgehead atoms. The number of nitrogens with zero attached hydrogens (tertiary/aromatic N) is 2. The van der Waals surface area contributed by atoms with Gasteiger partial charge in [-0.3, -0.25) is 15.0 Å². The Bertz CT molecular complexity index is 1770. The number of rotatable bonds is 15. The van der Waals surface area contributed by atoms with Gasteiger partial charge in [-0.15, -0.1) is 24.8 Å². The fourth-order valence-corrected chi connectivity index (χ4v) is 6.59. The molecule has 0 aromatic heterocycles. The summed E-state index contributed by atoms with van der Waals surface area (Å²) < 4.78 is 21.0. The lowest BCUT2D eigenvalue weighted by Crippen LogP contribution is -2.45. The topological polar surface area (TPSA) is 73.9 Å². The number of carbonyl (C=O) groups excluding carboxylic acids is 2. The number of hydrogen-bond donors (Lipinski definition) is 2. The molecule has 2 unspecified atom stereocenters. The van der Waals surface area contributed by atoms with Crippen LogP contribution in [0.1, 0.15) is 80.9 Å². The number of halogens is 4. The molecule has 0 spiro atoms. The van der Waals surface area contributed by atoms with Gasteiger partial charge in [0.15, 0.2) is 0 Å². The minimum Gasteiger partial charge on any atom is -0.355 e. The summed E-state index contributed by atoms with van der Waals surface area (Å²) in [6, 6.07) is 30.5. The van der Waals surface area contributed by atoms with Gasteiger partial charge >= 0.3 is 0 Å². The molecular weight excluding hydrogens is 734 g/mol. The van der Waals surface area contributed by atoms with E-state index in [1.807, 2.05) is 30.3 Å². The van der Waals surface area contributed by atoms with Gasteiger partial charge in [-0.25, -0.2) is 9.40 Å². The highest BCUT2D eigenvalue weighted by molar-refractivity contribution is 6.30. The maximum Gasteiger partial charge on any atom is 0.256 e. The van der Waals surface area contributed by atoms with Gasteiger partial charge in [0.2, 0.25) is 5.91 Å². The molecule has 0 fully saturated rings. The summed E-state index contributed by atoms with van der Waals surface area (Å²) in [6.07, 6.45) is 1.05. The standard InChI is InChI=1S/C42H50ClFN4O3.2ClH/c1-5-23-47(46-22-12-16-30-13-7-6-8-14-30)28-31-15-11-18-32(24-31)40-35-25-34(43)20-21-37(35)48(29-42(2,3)4)41(50)38(51-40)26-39(49)45-27-33-17-9-10-19-36(33)44;;/h6-11,13-15,17-21,24-25,38,40,46H,5,12,16,22-23,26-29H2,1-4H3,(H,45,49);2*1H. The number of carbonyl (C=O) groups is 2. The van der Waals surface area contributed by atoms with Crippen molar-refractivity contribution < 1.29 is 18.7 Å². The Morgan fingerprint density at radius 2 is 1.66 bits per heavy atom. The zero-order valence-corrected chi connectivity index (χ0v) is 33.3. The molecule has 0 saturated heterocycles. The number of anilines is 1. The molecule has 0 radical (unpaired) electrons. The molecule has 7 nitrogen and oxygen atoms in total. The van der Waals surface area contributed by atoms with E-state index in [2.05, 4.69) is 79.8 Å². The van der Waals surface area contributed by atoms with Gasteiger partial charge in [-0.05, 0) is 65.6 Å². The highest BCUT2D eigenvalue weighted by Crippen LogP contribution is 2.41. The molecule has 2 amide bonds. The second kappa shape index (κ2) is 20.8. The van der Waals surface area contributed by atoms with Gasteiger partial charge in [0.05, 0.1) is 6.42 Å². The zero-order chi connectivity index (χ0) is 36.4. The van der Waals surface area contributed by atoms with Crippen molar-refractivity contribution in [2.75, 3.05) is 24.5 Å². The van der Waals surface area contributed by atoms with Crippen LogP contribution in [0.2, 0.25) is 5.02 Å². The van der Waals surface area contributed by atoms with Crippen molar-refractivity contribution in [3.8, 4) is 0 Å². The fraction of sp³-hybridized carbons (Fsp3) is 0.381. The van der Waals surface area contributed by atoms with Crippen LogP contribution in [0, 0.1) is 11.2 Å². The van der Waals surface area contributed by atoms with Crippen LogP contribution in [0.3, 0.4) is 0 Å². The quantitative estimate of drug-likeness (QED) is 0.0930. The molecule has 1 aliphatic rings. The van der Waals surface area contributed by atoms with E-state index in [1.165, 1.54) is 11.6 Å². The van der Waals surface area contributed by atoms with Gasteiger partial charge in [0.25, 0.3) is 5.91 Å². The minimum atomic E-state index is -1.09. The lowest BCUT2D eigenvalue weighted by molar-refractivity contribution is -0.138. The third-order valence-electron chi connectivity index (χ3n) is 8.78. The first-order valence-electron chi connectivity index (χ1n) is 17.9. The number of amides is 2. The van der Waals surface area contributed by atoms with E-state index < -0.39 is 23.9 Å². The van der Waals surface area contributed by atoms with Crippen LogP contribution in [-0.4, -0.2) is 42.6 Å². The Morgan fingerprint density at radius 3 is 2.38 bits per heavy atom. The van der Waals surface area contributed by atoms with Gasteiger partial charge in [-0.2, -0.15) is 0 Å². The van der Waals surface area contributed by atoms with Crippen LogP contribution in [-0.2, 0) is 33.8 Å². The molecule has 4 aromatic rings. The highest BCUT2D eigenvalue weighted by Gasteiger charge is 2.39. The van der Waals surface area contributed by atoms with Crippen molar-refractivity contribution in [2.24, 2.45) is 5.41 Å². The molecule has 1 heterocycles. The molecule has 53 heavy (non-hydrogen) atoms. The van der Waals surface area contributed by atoms with Crippen molar-refractivity contribution in [2.45, 2.75) is 78.7 Å². The van der Waals surface area contributed by atoms with Gasteiger partial charge in [-0.1, -0.05) is 112 Å². The summed E-state index contributed by atoms with van der Waals surface area (Å²) in [5, 5.41) is 5.56. The first-order valence-corrected chi connectivity index (χ1v) is 18.3. The maximum atomic E-state index is 14.3. The molecule has 1 aliphatic heterocycles. The van der Waals surface area contributed by atoms with E-state index in [-0.39, 0.29) is 49.1 Å². The van der Waals surface area contributed by atoms with Gasteiger partial charge in [0, 0.05) is 54.6 Å². The average Bonchev–Trinajstić information content (AvgIpc) is 3.20. The van der Waals surface area contributed by atoms with E-state index in [1.54, 1.807) is 29.2 Å². The Kier molecular flexibility index (Phi) is 17.2. The lowest BCUT2D eigenvalue weighted by atomic mass is 9.94. The molecule has 4 aromatic carbocycles. The predicted molar refractivity (Wildman–Crippen MR) is 217 cm³/mol. The van der Waals surface area contributed by atoms with Crippen LogP contribution >= 0.6 is 36.4 Å². The molecule has 286 valence electrons. The van der Waals surface area contributed by atoms with Crippen LogP contribution in [0.4, 0.5) is 10.1 Å². The summed E-state index contributed by atoms with van der Waals surface area (Å²) >= 11 is 6.60. The lowest BCUT2D eigenvalue weighted by Gasteiger charge is -2.31. The maximum absolute atomic E-state index is 14.3. The number of aryl methyl sites for hydroxylation is 1. The summed E-state index contributed by atoms with van der Waals surface area (Å²) in [6.45, 7) is 11.2. The molecular formula is C42H52Cl3FN4O3. The summed E-state index contributed by atoms with van der Waals surface area (Å²) in [4.78, 5) is 29.4. The Labute approximate surface area is 331 Å². The Hall–Kier alpha value is -3.50. The van der Waals surface area contributed by atoms with Crippen LogP contribution in [0.25, 0.3) is 0 Å². The highest BCUT2D eigenvalue weighted by atomic mass is 35.5.